The van der Waals surface area contributed by atoms with E-state index in [1.54, 1.807) is 6.20 Å². The standard InChI is InChI=1S/C20H17BrN2O3/c21-13-3-1-12(2-4-13)19(6-7-19)17(24)16-15-14(5-9-23-16)20(26-18(15)25)8-10-22-11-20/h1-5,9,22H,6-8,10-11H2/t20-/m0/s1. The fourth-order valence-corrected chi connectivity index (χ4v) is 4.52. The summed E-state index contributed by atoms with van der Waals surface area (Å²) < 4.78 is 6.70. The molecule has 1 spiro atoms. The first-order valence-corrected chi connectivity index (χ1v) is 9.59. The minimum absolute atomic E-state index is 0.0726. The molecule has 2 fully saturated rings. The summed E-state index contributed by atoms with van der Waals surface area (Å²) in [6.07, 6.45) is 3.91. The summed E-state index contributed by atoms with van der Waals surface area (Å²) in [5.41, 5.74) is 1.21. The number of ketones is 1. The number of nitrogens with zero attached hydrogens (tertiary/aromatic N) is 1. The Morgan fingerprint density at radius 2 is 1.92 bits per heavy atom. The van der Waals surface area contributed by atoms with Crippen LogP contribution in [-0.4, -0.2) is 29.8 Å². The van der Waals surface area contributed by atoms with Gasteiger partial charge < -0.3 is 10.1 Å². The van der Waals surface area contributed by atoms with Gasteiger partial charge >= 0.3 is 5.97 Å². The highest BCUT2D eigenvalue weighted by Crippen LogP contribution is 2.52. The van der Waals surface area contributed by atoms with Crippen LogP contribution in [-0.2, 0) is 15.8 Å². The number of esters is 1. The van der Waals surface area contributed by atoms with Gasteiger partial charge in [-0.25, -0.2) is 4.79 Å². The second kappa shape index (κ2) is 5.47. The molecule has 1 aromatic heterocycles. The van der Waals surface area contributed by atoms with Crippen LogP contribution in [0, 0.1) is 0 Å². The lowest BCUT2D eigenvalue weighted by molar-refractivity contribution is 0.00158. The van der Waals surface area contributed by atoms with Crippen molar-refractivity contribution in [1.29, 1.82) is 0 Å². The lowest BCUT2D eigenvalue weighted by Gasteiger charge is -2.21. The molecule has 0 unspecified atom stereocenters. The SMILES string of the molecule is O=C1O[C@]2(CCNC2)c2ccnc(C(=O)C3(c4ccc(Br)cc4)CC3)c21. The number of hydrogen-bond acceptors (Lipinski definition) is 5. The number of hydrogen-bond donors (Lipinski definition) is 1. The molecule has 5 nitrogen and oxygen atoms in total. The molecule has 3 aliphatic rings. The fraction of sp³-hybridized carbons (Fsp3) is 0.350. The van der Waals surface area contributed by atoms with Crippen molar-refractivity contribution in [2.45, 2.75) is 30.3 Å². The van der Waals surface area contributed by atoms with Crippen molar-refractivity contribution in [3.05, 3.63) is 63.4 Å². The summed E-state index contributed by atoms with van der Waals surface area (Å²) in [6.45, 7) is 1.38. The Morgan fingerprint density at radius 1 is 1.15 bits per heavy atom. The van der Waals surface area contributed by atoms with Gasteiger partial charge in [0.2, 0.25) is 0 Å². The van der Waals surface area contributed by atoms with Crippen LogP contribution in [0.25, 0.3) is 0 Å². The van der Waals surface area contributed by atoms with Gasteiger partial charge in [0.1, 0.15) is 5.69 Å². The Morgan fingerprint density at radius 3 is 2.58 bits per heavy atom. The molecule has 1 saturated carbocycles. The van der Waals surface area contributed by atoms with E-state index in [0.29, 0.717) is 12.1 Å². The number of aromatic nitrogens is 1. The average molecular weight is 413 g/mol. The zero-order valence-electron chi connectivity index (χ0n) is 14.0. The van der Waals surface area contributed by atoms with Crippen LogP contribution in [0.2, 0.25) is 0 Å². The molecule has 2 aromatic rings. The van der Waals surface area contributed by atoms with Crippen LogP contribution in [0.4, 0.5) is 0 Å². The Bertz CT molecular complexity index is 929. The predicted molar refractivity (Wildman–Crippen MR) is 98.2 cm³/mol. The van der Waals surface area contributed by atoms with Gasteiger partial charge in [-0.05, 0) is 43.1 Å². The quantitative estimate of drug-likeness (QED) is 0.619. The number of carbonyl (C=O) groups is 2. The monoisotopic (exact) mass is 412 g/mol. The maximum atomic E-state index is 13.4. The van der Waals surface area contributed by atoms with Crippen molar-refractivity contribution >= 4 is 27.7 Å². The van der Waals surface area contributed by atoms with Gasteiger partial charge in [0.25, 0.3) is 0 Å². The fourth-order valence-electron chi connectivity index (χ4n) is 4.26. The molecular formula is C20H17BrN2O3. The average Bonchev–Trinajstić information content (AvgIpc) is 3.25. The van der Waals surface area contributed by atoms with E-state index in [4.69, 9.17) is 4.74 Å². The Hall–Kier alpha value is -2.05. The van der Waals surface area contributed by atoms with Crippen LogP contribution in [0.1, 0.15) is 51.2 Å². The van der Waals surface area contributed by atoms with Gasteiger partial charge in [-0.15, -0.1) is 0 Å². The first-order chi connectivity index (χ1) is 12.6. The van der Waals surface area contributed by atoms with Crippen molar-refractivity contribution in [3.63, 3.8) is 0 Å². The van der Waals surface area contributed by atoms with Crippen molar-refractivity contribution < 1.29 is 14.3 Å². The number of rotatable bonds is 3. The number of halogens is 1. The van der Waals surface area contributed by atoms with E-state index in [0.717, 1.165) is 41.4 Å². The van der Waals surface area contributed by atoms with E-state index in [9.17, 15) is 9.59 Å². The maximum absolute atomic E-state index is 13.4. The second-order valence-corrected chi connectivity index (χ2v) is 8.23. The molecule has 0 amide bonds. The van der Waals surface area contributed by atoms with Crippen LogP contribution >= 0.6 is 15.9 Å². The summed E-state index contributed by atoms with van der Waals surface area (Å²) in [5, 5.41) is 3.25. The number of Topliss-reactive ketones (excluding diaryl/α,β-unsaturated/α-hetero) is 1. The van der Waals surface area contributed by atoms with Crippen LogP contribution < -0.4 is 5.32 Å². The van der Waals surface area contributed by atoms with E-state index < -0.39 is 17.0 Å². The third-order valence-electron chi connectivity index (χ3n) is 5.85. The van der Waals surface area contributed by atoms with Crippen LogP contribution in [0.15, 0.2) is 41.0 Å². The van der Waals surface area contributed by atoms with E-state index in [2.05, 4.69) is 26.2 Å². The molecule has 2 aliphatic heterocycles. The third kappa shape index (κ3) is 2.15. The summed E-state index contributed by atoms with van der Waals surface area (Å²) in [4.78, 5) is 30.4. The highest BCUT2D eigenvalue weighted by Gasteiger charge is 2.55. The molecule has 132 valence electrons. The number of carbonyl (C=O) groups excluding carboxylic acids is 2. The molecule has 5 rings (SSSR count). The highest BCUT2D eigenvalue weighted by molar-refractivity contribution is 9.10. The molecule has 1 aromatic carbocycles. The third-order valence-corrected chi connectivity index (χ3v) is 6.38. The van der Waals surface area contributed by atoms with Gasteiger partial charge in [0.05, 0.1) is 11.0 Å². The molecule has 1 N–H and O–H groups in total. The smallest absolute Gasteiger partial charge is 0.341 e. The summed E-state index contributed by atoms with van der Waals surface area (Å²) in [5.74, 6) is -0.497. The molecule has 0 radical (unpaired) electrons. The van der Waals surface area contributed by atoms with Gasteiger partial charge in [0.15, 0.2) is 11.4 Å². The summed E-state index contributed by atoms with van der Waals surface area (Å²) in [6, 6.07) is 9.65. The Balaban J connectivity index is 1.60. The number of nitrogens with one attached hydrogen (secondary N) is 1. The number of pyridine rings is 1. The van der Waals surface area contributed by atoms with Crippen LogP contribution in [0.3, 0.4) is 0 Å². The van der Waals surface area contributed by atoms with Crippen LogP contribution in [0.5, 0.6) is 0 Å². The number of ether oxygens (including phenoxy) is 1. The van der Waals surface area contributed by atoms with Crippen molar-refractivity contribution in [3.8, 4) is 0 Å². The van der Waals surface area contributed by atoms with Crippen molar-refractivity contribution in [1.82, 2.24) is 10.3 Å². The lowest BCUT2D eigenvalue weighted by atomic mass is 9.85. The van der Waals surface area contributed by atoms with Gasteiger partial charge in [-0.3, -0.25) is 9.78 Å². The van der Waals surface area contributed by atoms with Gasteiger partial charge in [-0.1, -0.05) is 28.1 Å². The Labute approximate surface area is 159 Å². The topological polar surface area (TPSA) is 68.3 Å². The second-order valence-electron chi connectivity index (χ2n) is 7.31. The van der Waals surface area contributed by atoms with Crippen molar-refractivity contribution in [2.75, 3.05) is 13.1 Å². The molecule has 1 aliphatic carbocycles. The van der Waals surface area contributed by atoms with E-state index in [-0.39, 0.29) is 11.5 Å². The molecule has 0 bridgehead atoms. The van der Waals surface area contributed by atoms with Crippen molar-refractivity contribution in [2.24, 2.45) is 0 Å². The molecule has 3 heterocycles. The maximum Gasteiger partial charge on any atom is 0.341 e. The highest BCUT2D eigenvalue weighted by atomic mass is 79.9. The first kappa shape index (κ1) is 16.1. The number of benzene rings is 1. The van der Waals surface area contributed by atoms with Gasteiger partial charge in [-0.2, -0.15) is 0 Å². The predicted octanol–water partition coefficient (Wildman–Crippen LogP) is 3.12. The van der Waals surface area contributed by atoms with E-state index in [1.807, 2.05) is 30.3 Å². The molecule has 6 heteroatoms. The molecule has 1 atom stereocenters. The molecule has 26 heavy (non-hydrogen) atoms. The molecule has 1 saturated heterocycles. The number of fused-ring (bicyclic) bond motifs is 2. The zero-order chi connectivity index (χ0) is 17.9. The summed E-state index contributed by atoms with van der Waals surface area (Å²) >= 11 is 3.43. The Kier molecular flexibility index (Phi) is 3.40. The minimum Gasteiger partial charge on any atom is -0.449 e. The zero-order valence-corrected chi connectivity index (χ0v) is 15.6. The normalized spacial score (nSPS) is 25.2. The minimum atomic E-state index is -0.640. The molecular weight excluding hydrogens is 396 g/mol. The lowest BCUT2D eigenvalue weighted by Crippen LogP contribution is -2.29. The van der Waals surface area contributed by atoms with Gasteiger partial charge in [0, 0.05) is 29.2 Å². The van der Waals surface area contributed by atoms with E-state index in [1.165, 1.54) is 0 Å². The summed E-state index contributed by atoms with van der Waals surface area (Å²) in [7, 11) is 0. The largest absolute Gasteiger partial charge is 0.449 e. The van der Waals surface area contributed by atoms with E-state index >= 15 is 0 Å². The first-order valence-electron chi connectivity index (χ1n) is 8.80.